The van der Waals surface area contributed by atoms with E-state index in [4.69, 9.17) is 4.74 Å². The molecule has 1 fully saturated rings. The van der Waals surface area contributed by atoms with Gasteiger partial charge in [-0.05, 0) is 49.4 Å². The van der Waals surface area contributed by atoms with Gasteiger partial charge in [0.2, 0.25) is 11.9 Å². The highest BCUT2D eigenvalue weighted by molar-refractivity contribution is 5.56. The Labute approximate surface area is 255 Å². The molecule has 0 unspecified atom stereocenters. The first kappa shape index (κ1) is 32.6. The van der Waals surface area contributed by atoms with Crippen molar-refractivity contribution in [1.82, 2.24) is 19.9 Å². The van der Waals surface area contributed by atoms with Crippen molar-refractivity contribution in [2.24, 2.45) is 0 Å². The molecule has 0 saturated carbocycles. The molecular formula is C29H24F9N7O. The van der Waals surface area contributed by atoms with Crippen molar-refractivity contribution in [1.29, 1.82) is 0 Å². The third-order valence-electron chi connectivity index (χ3n) is 7.03. The first-order valence-electron chi connectivity index (χ1n) is 13.6. The Bertz CT molecular complexity index is 1660. The summed E-state index contributed by atoms with van der Waals surface area (Å²) in [6.07, 6.45) is -12.6. The van der Waals surface area contributed by atoms with Crippen molar-refractivity contribution in [3.8, 4) is 6.01 Å². The summed E-state index contributed by atoms with van der Waals surface area (Å²) in [5.41, 5.74) is -2.76. The largest absolute Gasteiger partial charge is 0.458 e. The number of hydrogen-bond acceptors (Lipinski definition) is 8. The number of hydrogen-bond donors (Lipinski definition) is 1. The lowest BCUT2D eigenvalue weighted by Gasteiger charge is -2.41. The van der Waals surface area contributed by atoms with Gasteiger partial charge in [0.25, 0.3) is 0 Å². The van der Waals surface area contributed by atoms with E-state index >= 15 is 0 Å². The molecule has 0 bridgehead atoms. The van der Waals surface area contributed by atoms with Crippen LogP contribution in [-0.4, -0.2) is 45.6 Å². The molecule has 8 nitrogen and oxygen atoms in total. The zero-order valence-corrected chi connectivity index (χ0v) is 23.7. The van der Waals surface area contributed by atoms with Gasteiger partial charge in [0.1, 0.15) is 12.4 Å². The highest BCUT2D eigenvalue weighted by Gasteiger charge is 2.38. The van der Waals surface area contributed by atoms with Crippen molar-refractivity contribution < 1.29 is 44.3 Å². The van der Waals surface area contributed by atoms with Gasteiger partial charge in [-0.25, -0.2) is 4.98 Å². The second-order valence-corrected chi connectivity index (χ2v) is 10.2. The summed E-state index contributed by atoms with van der Waals surface area (Å²) < 4.78 is 126. The normalized spacial score (nSPS) is 16.0. The van der Waals surface area contributed by atoms with Crippen LogP contribution in [0, 0.1) is 0 Å². The molecule has 5 rings (SSSR count). The van der Waals surface area contributed by atoms with Gasteiger partial charge in [0.15, 0.2) is 0 Å². The van der Waals surface area contributed by atoms with E-state index in [1.54, 1.807) is 11.8 Å². The third-order valence-corrected chi connectivity index (χ3v) is 7.03. The molecule has 3 heterocycles. The fourth-order valence-corrected chi connectivity index (χ4v) is 4.85. The molecule has 17 heteroatoms. The maximum Gasteiger partial charge on any atom is 0.419 e. The lowest BCUT2D eigenvalue weighted by molar-refractivity contribution is -0.139. The standard InChI is InChI=1S/C29H24F9N7O/c1-17-15-44(23-22(29(36,37)38)7-4-12-39-23)13-14-45(17)25-41-24(40-20-10-8-19(9-11-20)27(30,31)32)42-26(43-25)46-16-18-5-2-3-6-21(18)28(33,34)35/h2-12,17H,13-16H2,1H3,(H,40,41,42,43)/t17-/m1/s1. The van der Waals surface area contributed by atoms with Gasteiger partial charge in [-0.3, -0.25) is 0 Å². The first-order valence-corrected chi connectivity index (χ1v) is 13.6. The number of piperazine rings is 1. The van der Waals surface area contributed by atoms with Gasteiger partial charge in [-0.1, -0.05) is 18.2 Å². The molecule has 1 aliphatic rings. The van der Waals surface area contributed by atoms with Crippen LogP contribution in [0.2, 0.25) is 0 Å². The highest BCUT2D eigenvalue weighted by atomic mass is 19.4. The number of halogens is 9. The summed E-state index contributed by atoms with van der Waals surface area (Å²) in [5, 5.41) is 2.75. The number of nitrogens with one attached hydrogen (secondary N) is 1. The Morgan fingerprint density at radius 1 is 0.783 bits per heavy atom. The van der Waals surface area contributed by atoms with Gasteiger partial charge in [0, 0.05) is 43.1 Å². The van der Waals surface area contributed by atoms with E-state index in [0.717, 1.165) is 36.4 Å². The van der Waals surface area contributed by atoms with Crippen molar-refractivity contribution in [2.75, 3.05) is 34.8 Å². The number of anilines is 4. The number of ether oxygens (including phenoxy) is 1. The average molecular weight is 658 g/mol. The number of aromatic nitrogens is 4. The molecule has 0 radical (unpaired) electrons. The zero-order chi connectivity index (χ0) is 33.3. The molecule has 2 aromatic heterocycles. The average Bonchev–Trinajstić information content (AvgIpc) is 2.99. The van der Waals surface area contributed by atoms with E-state index in [0.29, 0.717) is 0 Å². The summed E-state index contributed by atoms with van der Waals surface area (Å²) in [4.78, 5) is 19.7. The van der Waals surface area contributed by atoms with Crippen molar-refractivity contribution >= 4 is 23.4 Å². The smallest absolute Gasteiger partial charge is 0.419 e. The number of nitrogens with zero attached hydrogens (tertiary/aromatic N) is 6. The number of pyridine rings is 1. The minimum absolute atomic E-state index is 0.0206. The predicted molar refractivity (Wildman–Crippen MR) is 149 cm³/mol. The monoisotopic (exact) mass is 657 g/mol. The molecule has 1 saturated heterocycles. The van der Waals surface area contributed by atoms with Crippen LogP contribution in [0.3, 0.4) is 0 Å². The van der Waals surface area contributed by atoms with Crippen molar-refractivity contribution in [3.63, 3.8) is 0 Å². The molecular weight excluding hydrogens is 633 g/mol. The molecule has 46 heavy (non-hydrogen) atoms. The van der Waals surface area contributed by atoms with E-state index in [1.807, 2.05) is 0 Å². The molecule has 0 aliphatic carbocycles. The van der Waals surface area contributed by atoms with Gasteiger partial charge >= 0.3 is 24.5 Å². The number of rotatable bonds is 7. The van der Waals surface area contributed by atoms with Gasteiger partial charge in [-0.2, -0.15) is 54.5 Å². The molecule has 4 aromatic rings. The molecule has 244 valence electrons. The minimum Gasteiger partial charge on any atom is -0.458 e. The topological polar surface area (TPSA) is 79.3 Å². The Kier molecular flexibility index (Phi) is 8.86. The summed E-state index contributed by atoms with van der Waals surface area (Å²) in [6.45, 7) is 1.38. The zero-order valence-electron chi connectivity index (χ0n) is 23.7. The second-order valence-electron chi connectivity index (χ2n) is 10.2. The summed E-state index contributed by atoms with van der Waals surface area (Å²) in [6, 6.07) is 9.92. The van der Waals surface area contributed by atoms with Gasteiger partial charge < -0.3 is 19.9 Å². The molecule has 1 N–H and O–H groups in total. The molecule has 1 aliphatic heterocycles. The SMILES string of the molecule is C[C@@H]1CN(c2ncccc2C(F)(F)F)CCN1c1nc(Nc2ccc(C(F)(F)F)cc2)nc(OCc2ccccc2C(F)(F)F)n1. The van der Waals surface area contributed by atoms with Crippen LogP contribution in [0.5, 0.6) is 6.01 Å². The minimum atomic E-state index is -4.66. The Hall–Kier alpha value is -4.83. The summed E-state index contributed by atoms with van der Waals surface area (Å²) >= 11 is 0. The molecule has 0 spiro atoms. The predicted octanol–water partition coefficient (Wildman–Crippen LogP) is 7.36. The Balaban J connectivity index is 1.43. The Morgan fingerprint density at radius 2 is 1.46 bits per heavy atom. The molecule has 1 atom stereocenters. The fourth-order valence-electron chi connectivity index (χ4n) is 4.85. The maximum absolute atomic E-state index is 13.6. The second kappa shape index (κ2) is 12.5. The molecule has 2 aromatic carbocycles. The summed E-state index contributed by atoms with van der Waals surface area (Å²) in [5.74, 6) is -0.454. The van der Waals surface area contributed by atoms with Crippen molar-refractivity contribution in [3.05, 3.63) is 89.1 Å². The van der Waals surface area contributed by atoms with E-state index < -0.39 is 53.9 Å². The first-order chi connectivity index (χ1) is 21.6. The quantitative estimate of drug-likeness (QED) is 0.207. The maximum atomic E-state index is 13.6. The van der Waals surface area contributed by atoms with Gasteiger partial charge in [-0.15, -0.1) is 0 Å². The lowest BCUT2D eigenvalue weighted by atomic mass is 10.1. The highest BCUT2D eigenvalue weighted by Crippen LogP contribution is 2.37. The Morgan fingerprint density at radius 3 is 2.11 bits per heavy atom. The third kappa shape index (κ3) is 7.51. The van der Waals surface area contributed by atoms with Crippen LogP contribution in [0.25, 0.3) is 0 Å². The van der Waals surface area contributed by atoms with E-state index in [-0.39, 0.29) is 48.6 Å². The van der Waals surface area contributed by atoms with Crippen molar-refractivity contribution in [2.45, 2.75) is 38.1 Å². The molecule has 0 amide bonds. The van der Waals surface area contributed by atoms with Crippen LogP contribution in [-0.2, 0) is 25.1 Å². The number of benzene rings is 2. The van der Waals surface area contributed by atoms with Gasteiger partial charge in [0.05, 0.1) is 16.7 Å². The number of alkyl halides is 9. The van der Waals surface area contributed by atoms with Crippen LogP contribution in [0.4, 0.5) is 62.9 Å². The van der Waals surface area contributed by atoms with E-state index in [9.17, 15) is 39.5 Å². The van der Waals surface area contributed by atoms with Crippen LogP contribution >= 0.6 is 0 Å². The van der Waals surface area contributed by atoms with E-state index in [2.05, 4.69) is 25.3 Å². The van der Waals surface area contributed by atoms with Crippen LogP contribution in [0.1, 0.15) is 29.2 Å². The lowest BCUT2D eigenvalue weighted by Crippen LogP contribution is -2.53. The van der Waals surface area contributed by atoms with Crippen LogP contribution in [0.15, 0.2) is 66.9 Å². The fraction of sp³-hybridized carbons (Fsp3) is 0.310. The van der Waals surface area contributed by atoms with Crippen LogP contribution < -0.4 is 19.9 Å². The summed E-state index contributed by atoms with van der Waals surface area (Å²) in [7, 11) is 0. The van der Waals surface area contributed by atoms with E-state index in [1.165, 1.54) is 35.4 Å².